The van der Waals surface area contributed by atoms with Crippen LogP contribution in [0.1, 0.15) is 63.3 Å². The van der Waals surface area contributed by atoms with Crippen LogP contribution in [0.3, 0.4) is 0 Å². The van der Waals surface area contributed by atoms with Gasteiger partial charge in [0.15, 0.2) is 0 Å². The standard InChI is InChI=1S/C30H40N2O5/c1-6-18-36-23-12-10-22(11-13-23)27-26(29(34)30(35)32(27)17-16-31(8-3)9-4)28(33)25-15-14-24(20-21(25)5)37-19-7-2/h10-15,20,27,33H,6-9,16-19H2,1-5H3/b28-26+. The zero-order chi connectivity index (χ0) is 26.9. The number of hydrogen-bond donors (Lipinski definition) is 1. The van der Waals surface area contributed by atoms with Gasteiger partial charge in [0.05, 0.1) is 24.8 Å². The number of carbonyl (C=O) groups is 2. The fourth-order valence-corrected chi connectivity index (χ4v) is 4.57. The van der Waals surface area contributed by atoms with E-state index in [2.05, 4.69) is 18.7 Å². The Balaban J connectivity index is 2.05. The number of aryl methyl sites for hydroxylation is 1. The molecule has 0 bridgehead atoms. The molecule has 1 heterocycles. The predicted octanol–water partition coefficient (Wildman–Crippen LogP) is 5.34. The first kappa shape index (κ1) is 28.3. The number of amides is 1. The molecular weight excluding hydrogens is 468 g/mol. The average molecular weight is 509 g/mol. The molecule has 37 heavy (non-hydrogen) atoms. The van der Waals surface area contributed by atoms with Crippen molar-refractivity contribution in [3.63, 3.8) is 0 Å². The molecule has 1 unspecified atom stereocenters. The summed E-state index contributed by atoms with van der Waals surface area (Å²) in [5.74, 6) is 0.00294. The van der Waals surface area contributed by atoms with E-state index in [1.165, 1.54) is 0 Å². The van der Waals surface area contributed by atoms with E-state index in [9.17, 15) is 14.7 Å². The molecule has 7 nitrogen and oxygen atoms in total. The molecule has 3 rings (SSSR count). The van der Waals surface area contributed by atoms with E-state index < -0.39 is 17.7 Å². The third kappa shape index (κ3) is 6.52. The van der Waals surface area contributed by atoms with E-state index in [1.807, 2.05) is 51.1 Å². The van der Waals surface area contributed by atoms with Crippen molar-refractivity contribution in [1.29, 1.82) is 0 Å². The Morgan fingerprint density at radius 3 is 2.08 bits per heavy atom. The van der Waals surface area contributed by atoms with Crippen molar-refractivity contribution >= 4 is 17.4 Å². The van der Waals surface area contributed by atoms with E-state index in [0.29, 0.717) is 37.6 Å². The Bertz CT molecular complexity index is 1110. The van der Waals surface area contributed by atoms with Gasteiger partial charge in [-0.05, 0) is 74.3 Å². The number of likely N-dealkylation sites (tertiary alicyclic amines) is 1. The lowest BCUT2D eigenvalue weighted by Crippen LogP contribution is -2.38. The number of nitrogens with zero attached hydrogens (tertiary/aromatic N) is 2. The third-order valence-electron chi connectivity index (χ3n) is 6.69. The molecule has 1 N–H and O–H groups in total. The van der Waals surface area contributed by atoms with Gasteiger partial charge in [-0.1, -0.05) is 39.8 Å². The van der Waals surface area contributed by atoms with Crippen LogP contribution in [0, 0.1) is 6.92 Å². The van der Waals surface area contributed by atoms with Gasteiger partial charge in [-0.25, -0.2) is 0 Å². The maximum Gasteiger partial charge on any atom is 0.295 e. The van der Waals surface area contributed by atoms with Gasteiger partial charge in [0.25, 0.3) is 11.7 Å². The van der Waals surface area contributed by atoms with E-state index in [4.69, 9.17) is 9.47 Å². The minimum atomic E-state index is -0.689. The lowest BCUT2D eigenvalue weighted by molar-refractivity contribution is -0.140. The molecule has 1 saturated heterocycles. The normalized spacial score (nSPS) is 17.0. The highest BCUT2D eigenvalue weighted by molar-refractivity contribution is 6.46. The molecule has 1 fully saturated rings. The highest BCUT2D eigenvalue weighted by Crippen LogP contribution is 2.40. The largest absolute Gasteiger partial charge is 0.507 e. The first-order valence-corrected chi connectivity index (χ1v) is 13.3. The second-order valence-electron chi connectivity index (χ2n) is 9.26. The van der Waals surface area contributed by atoms with Crippen molar-refractivity contribution in [1.82, 2.24) is 9.80 Å². The fourth-order valence-electron chi connectivity index (χ4n) is 4.57. The van der Waals surface area contributed by atoms with Crippen LogP contribution in [0.25, 0.3) is 5.76 Å². The van der Waals surface area contributed by atoms with Gasteiger partial charge >= 0.3 is 0 Å². The summed E-state index contributed by atoms with van der Waals surface area (Å²) in [5.41, 5.74) is 2.14. The van der Waals surface area contributed by atoms with E-state index in [1.54, 1.807) is 17.0 Å². The summed E-state index contributed by atoms with van der Waals surface area (Å²) in [6.45, 7) is 14.0. The van der Waals surface area contributed by atoms with Crippen LogP contribution in [-0.2, 0) is 9.59 Å². The van der Waals surface area contributed by atoms with E-state index in [0.717, 1.165) is 42.8 Å². The van der Waals surface area contributed by atoms with Crippen LogP contribution < -0.4 is 9.47 Å². The van der Waals surface area contributed by atoms with Crippen LogP contribution in [0.15, 0.2) is 48.0 Å². The number of aliphatic hydroxyl groups is 1. The van der Waals surface area contributed by atoms with Crippen molar-refractivity contribution < 1.29 is 24.2 Å². The molecule has 2 aromatic carbocycles. The SMILES string of the molecule is CCCOc1ccc(C2/C(=C(\O)c3ccc(OCCC)cc3C)C(=O)C(=O)N2CCN(CC)CC)cc1. The molecule has 1 aliphatic heterocycles. The number of rotatable bonds is 13. The topological polar surface area (TPSA) is 79.3 Å². The number of carbonyl (C=O) groups excluding carboxylic acids is 2. The number of benzene rings is 2. The molecule has 0 aromatic heterocycles. The third-order valence-corrected chi connectivity index (χ3v) is 6.69. The molecule has 200 valence electrons. The maximum absolute atomic E-state index is 13.4. The molecule has 2 aromatic rings. The molecule has 1 atom stereocenters. The molecule has 1 aliphatic rings. The fraction of sp³-hybridized carbons (Fsp3) is 0.467. The summed E-state index contributed by atoms with van der Waals surface area (Å²) in [4.78, 5) is 30.4. The maximum atomic E-state index is 13.4. The zero-order valence-corrected chi connectivity index (χ0v) is 22.8. The number of likely N-dealkylation sites (N-methyl/N-ethyl adjacent to an activating group) is 1. The van der Waals surface area contributed by atoms with Gasteiger partial charge in [0.1, 0.15) is 17.3 Å². The average Bonchev–Trinajstić information content (AvgIpc) is 3.16. The highest BCUT2D eigenvalue weighted by atomic mass is 16.5. The molecule has 0 radical (unpaired) electrons. The van der Waals surface area contributed by atoms with E-state index >= 15 is 0 Å². The summed E-state index contributed by atoms with van der Waals surface area (Å²) < 4.78 is 11.4. The number of ether oxygens (including phenoxy) is 2. The Morgan fingerprint density at radius 2 is 1.51 bits per heavy atom. The van der Waals surface area contributed by atoms with Crippen LogP contribution >= 0.6 is 0 Å². The summed E-state index contributed by atoms with van der Waals surface area (Å²) in [5, 5.41) is 11.5. The zero-order valence-electron chi connectivity index (χ0n) is 22.8. The van der Waals surface area contributed by atoms with Gasteiger partial charge < -0.3 is 24.4 Å². The molecular formula is C30H40N2O5. The monoisotopic (exact) mass is 508 g/mol. The van der Waals surface area contributed by atoms with Crippen molar-refractivity contribution in [2.75, 3.05) is 39.4 Å². The summed E-state index contributed by atoms with van der Waals surface area (Å²) in [6, 6.07) is 12.1. The minimum Gasteiger partial charge on any atom is -0.507 e. The second-order valence-corrected chi connectivity index (χ2v) is 9.26. The number of aliphatic hydroxyl groups excluding tert-OH is 1. The van der Waals surface area contributed by atoms with Gasteiger partial charge in [-0.2, -0.15) is 0 Å². The summed E-state index contributed by atoms with van der Waals surface area (Å²) >= 11 is 0. The van der Waals surface area contributed by atoms with Crippen molar-refractivity contribution in [2.45, 2.75) is 53.5 Å². The summed E-state index contributed by atoms with van der Waals surface area (Å²) in [7, 11) is 0. The van der Waals surface area contributed by atoms with Gasteiger partial charge in [-0.3, -0.25) is 9.59 Å². The van der Waals surface area contributed by atoms with Gasteiger partial charge in [-0.15, -0.1) is 0 Å². The van der Waals surface area contributed by atoms with Crippen molar-refractivity contribution in [3.8, 4) is 11.5 Å². The Morgan fingerprint density at radius 1 is 0.919 bits per heavy atom. The number of ketones is 1. The predicted molar refractivity (Wildman–Crippen MR) is 146 cm³/mol. The second kappa shape index (κ2) is 13.3. The van der Waals surface area contributed by atoms with Gasteiger partial charge in [0.2, 0.25) is 0 Å². The number of Topliss-reactive ketones (excluding diaryl/α,β-unsaturated/α-hetero) is 1. The lowest BCUT2D eigenvalue weighted by Gasteiger charge is -2.28. The first-order valence-electron chi connectivity index (χ1n) is 13.3. The molecule has 0 aliphatic carbocycles. The molecule has 0 saturated carbocycles. The quantitative estimate of drug-likeness (QED) is 0.224. The Hall–Kier alpha value is -3.32. The van der Waals surface area contributed by atoms with Crippen LogP contribution in [0.5, 0.6) is 11.5 Å². The minimum absolute atomic E-state index is 0.108. The van der Waals surface area contributed by atoms with E-state index in [-0.39, 0.29) is 11.3 Å². The lowest BCUT2D eigenvalue weighted by atomic mass is 9.94. The van der Waals surface area contributed by atoms with Crippen molar-refractivity contribution in [3.05, 3.63) is 64.7 Å². The van der Waals surface area contributed by atoms with Gasteiger partial charge in [0, 0.05) is 18.7 Å². The Labute approximate surface area is 220 Å². The molecule has 7 heteroatoms. The summed E-state index contributed by atoms with van der Waals surface area (Å²) in [6.07, 6.45) is 1.79. The first-order chi connectivity index (χ1) is 17.9. The molecule has 0 spiro atoms. The highest BCUT2D eigenvalue weighted by Gasteiger charge is 2.46. The smallest absolute Gasteiger partial charge is 0.295 e. The molecule has 1 amide bonds. The number of hydrogen-bond acceptors (Lipinski definition) is 6. The van der Waals surface area contributed by atoms with Crippen LogP contribution in [-0.4, -0.2) is 66.0 Å². The van der Waals surface area contributed by atoms with Crippen LogP contribution in [0.2, 0.25) is 0 Å². The Kier molecular flexibility index (Phi) is 10.1. The van der Waals surface area contributed by atoms with Crippen molar-refractivity contribution in [2.24, 2.45) is 0 Å². The van der Waals surface area contributed by atoms with Crippen LogP contribution in [0.4, 0.5) is 0 Å².